The highest BCUT2D eigenvalue weighted by atomic mass is 19.4. The molecule has 0 fully saturated rings. The average molecular weight is 261 g/mol. The maximum Gasteiger partial charge on any atom is 0.491 e. The number of benzene rings is 1. The van der Waals surface area contributed by atoms with Gasteiger partial charge in [0.15, 0.2) is 0 Å². The van der Waals surface area contributed by atoms with E-state index < -0.39 is 17.1 Å². The van der Waals surface area contributed by atoms with E-state index in [1.165, 1.54) is 24.3 Å². The third-order valence-corrected chi connectivity index (χ3v) is 1.77. The molecule has 0 aromatic heterocycles. The SMILES string of the molecule is O=C(O/C=C\c1ccc([N+](=O)[O-])cc1)C(F)(F)F. The maximum atomic E-state index is 11.7. The zero-order valence-corrected chi connectivity index (χ0v) is 8.68. The van der Waals surface area contributed by atoms with Crippen LogP contribution >= 0.6 is 0 Å². The topological polar surface area (TPSA) is 69.4 Å². The Bertz CT molecular complexity index is 479. The molecule has 1 aromatic carbocycles. The van der Waals surface area contributed by atoms with E-state index in [1.807, 2.05) is 0 Å². The predicted molar refractivity (Wildman–Crippen MR) is 54.3 cm³/mol. The van der Waals surface area contributed by atoms with Crippen molar-refractivity contribution in [3.05, 3.63) is 46.2 Å². The number of non-ortho nitro benzene ring substituents is 1. The normalized spacial score (nSPS) is 11.5. The lowest BCUT2D eigenvalue weighted by Crippen LogP contribution is -2.23. The van der Waals surface area contributed by atoms with Crippen LogP contribution in [0.4, 0.5) is 18.9 Å². The van der Waals surface area contributed by atoms with Crippen LogP contribution in [0.1, 0.15) is 5.56 Å². The first kappa shape index (κ1) is 13.7. The van der Waals surface area contributed by atoms with Gasteiger partial charge in [-0.2, -0.15) is 13.2 Å². The van der Waals surface area contributed by atoms with E-state index in [0.717, 1.165) is 6.08 Å². The number of carbonyl (C=O) groups excluding carboxylic acids is 1. The van der Waals surface area contributed by atoms with Gasteiger partial charge in [-0.25, -0.2) is 4.79 Å². The van der Waals surface area contributed by atoms with Gasteiger partial charge in [0.05, 0.1) is 11.2 Å². The largest absolute Gasteiger partial charge is 0.491 e. The number of ether oxygens (including phenoxy) is 1. The Morgan fingerprint density at radius 3 is 2.28 bits per heavy atom. The number of hydrogen-bond donors (Lipinski definition) is 0. The quantitative estimate of drug-likeness (QED) is 0.363. The minimum atomic E-state index is -5.06. The third-order valence-electron chi connectivity index (χ3n) is 1.77. The summed E-state index contributed by atoms with van der Waals surface area (Å²) in [4.78, 5) is 20.0. The molecule has 0 N–H and O–H groups in total. The molecule has 0 aliphatic heterocycles. The number of hydrogen-bond acceptors (Lipinski definition) is 4. The van der Waals surface area contributed by atoms with Gasteiger partial charge in [-0.3, -0.25) is 10.1 Å². The van der Waals surface area contributed by atoms with E-state index in [0.29, 0.717) is 11.8 Å². The standard InChI is InChI=1S/C10H6F3NO4/c11-10(12,13)9(15)18-6-5-7-1-3-8(4-2-7)14(16)17/h1-6H/b6-5-. The summed E-state index contributed by atoms with van der Waals surface area (Å²) in [5.41, 5.74) is 0.204. The van der Waals surface area contributed by atoms with Crippen molar-refractivity contribution in [2.24, 2.45) is 0 Å². The fourth-order valence-corrected chi connectivity index (χ4v) is 0.948. The molecule has 1 rings (SSSR count). The number of nitro benzene ring substituents is 1. The molecule has 0 aliphatic carbocycles. The van der Waals surface area contributed by atoms with Gasteiger partial charge in [-0.1, -0.05) is 0 Å². The lowest BCUT2D eigenvalue weighted by atomic mass is 10.2. The summed E-state index contributed by atoms with van der Waals surface area (Å²) in [6.45, 7) is 0. The second-order valence-electron chi connectivity index (χ2n) is 3.05. The highest BCUT2D eigenvalue weighted by molar-refractivity contribution is 5.76. The summed E-state index contributed by atoms with van der Waals surface area (Å²) in [6, 6.07) is 4.95. The molecule has 0 spiro atoms. The van der Waals surface area contributed by atoms with Crippen LogP contribution in [0.15, 0.2) is 30.5 Å². The molecule has 0 saturated carbocycles. The molecule has 0 heterocycles. The van der Waals surface area contributed by atoms with Crippen molar-refractivity contribution in [3.8, 4) is 0 Å². The first-order valence-electron chi connectivity index (χ1n) is 4.49. The second kappa shape index (κ2) is 5.30. The van der Waals surface area contributed by atoms with Crippen LogP contribution in [0.5, 0.6) is 0 Å². The molecule has 8 heteroatoms. The van der Waals surface area contributed by atoms with E-state index in [1.54, 1.807) is 0 Å². The predicted octanol–water partition coefficient (Wildman–Crippen LogP) is 2.67. The first-order chi connectivity index (χ1) is 8.30. The van der Waals surface area contributed by atoms with Crippen molar-refractivity contribution in [3.63, 3.8) is 0 Å². The van der Waals surface area contributed by atoms with E-state index in [-0.39, 0.29) is 5.69 Å². The van der Waals surface area contributed by atoms with Gasteiger partial charge in [-0.15, -0.1) is 0 Å². The van der Waals surface area contributed by atoms with E-state index in [2.05, 4.69) is 4.74 Å². The molecule has 5 nitrogen and oxygen atoms in total. The van der Waals surface area contributed by atoms with Gasteiger partial charge in [0.25, 0.3) is 5.69 Å². The summed E-state index contributed by atoms with van der Waals surface area (Å²) in [5, 5.41) is 10.3. The molecule has 0 saturated heterocycles. The van der Waals surface area contributed by atoms with Gasteiger partial charge < -0.3 is 4.74 Å². The maximum absolute atomic E-state index is 11.7. The lowest BCUT2D eigenvalue weighted by Gasteiger charge is -2.01. The molecule has 0 amide bonds. The average Bonchev–Trinajstić information content (AvgIpc) is 2.28. The Balaban J connectivity index is 2.63. The number of rotatable bonds is 3. The van der Waals surface area contributed by atoms with Crippen molar-refractivity contribution in [2.75, 3.05) is 0 Å². The molecule has 0 bridgehead atoms. The van der Waals surface area contributed by atoms with Crippen LogP contribution in [0, 0.1) is 10.1 Å². The van der Waals surface area contributed by atoms with Gasteiger partial charge in [0.2, 0.25) is 0 Å². The molecular formula is C10H6F3NO4. The smallest absolute Gasteiger partial charge is 0.428 e. The molecule has 1 aromatic rings. The van der Waals surface area contributed by atoms with Crippen LogP contribution in [0.3, 0.4) is 0 Å². The fraction of sp³-hybridized carbons (Fsp3) is 0.100. The number of halogens is 3. The van der Waals surface area contributed by atoms with Crippen molar-refractivity contribution in [2.45, 2.75) is 6.18 Å². The highest BCUT2D eigenvalue weighted by Crippen LogP contribution is 2.17. The second-order valence-corrected chi connectivity index (χ2v) is 3.05. The summed E-state index contributed by atoms with van der Waals surface area (Å²) in [7, 11) is 0. The zero-order chi connectivity index (χ0) is 13.8. The number of nitrogens with zero attached hydrogens (tertiary/aromatic N) is 1. The first-order valence-corrected chi connectivity index (χ1v) is 4.49. The minimum absolute atomic E-state index is 0.153. The Hall–Kier alpha value is -2.38. The monoisotopic (exact) mass is 261 g/mol. The van der Waals surface area contributed by atoms with E-state index >= 15 is 0 Å². The Morgan fingerprint density at radius 2 is 1.83 bits per heavy atom. The molecule has 0 atom stereocenters. The van der Waals surface area contributed by atoms with Gasteiger partial charge >= 0.3 is 12.1 Å². The number of nitro groups is 1. The zero-order valence-electron chi connectivity index (χ0n) is 8.68. The van der Waals surface area contributed by atoms with E-state index in [4.69, 9.17) is 0 Å². The Labute approximate surface area is 98.6 Å². The molecule has 0 radical (unpaired) electrons. The minimum Gasteiger partial charge on any atom is -0.428 e. The molecule has 0 unspecified atom stereocenters. The van der Waals surface area contributed by atoms with Gasteiger partial charge in [0, 0.05) is 12.1 Å². The van der Waals surface area contributed by atoms with Crippen LogP contribution in [-0.2, 0) is 9.53 Å². The number of alkyl halides is 3. The van der Waals surface area contributed by atoms with E-state index in [9.17, 15) is 28.1 Å². The Kier molecular flexibility index (Phi) is 4.03. The van der Waals surface area contributed by atoms with Crippen LogP contribution < -0.4 is 0 Å². The summed E-state index contributed by atoms with van der Waals surface area (Å²) in [6.07, 6.45) is -3.41. The van der Waals surface area contributed by atoms with Crippen molar-refractivity contribution >= 4 is 17.7 Å². The van der Waals surface area contributed by atoms with Gasteiger partial charge in [-0.05, 0) is 23.8 Å². The number of esters is 1. The van der Waals surface area contributed by atoms with Crippen molar-refractivity contribution in [1.29, 1.82) is 0 Å². The van der Waals surface area contributed by atoms with Crippen molar-refractivity contribution < 1.29 is 27.6 Å². The molecule has 0 aliphatic rings. The van der Waals surface area contributed by atoms with Gasteiger partial charge in [0.1, 0.15) is 0 Å². The summed E-state index contributed by atoms with van der Waals surface area (Å²) in [5.74, 6) is -2.33. The Morgan fingerprint density at radius 1 is 1.28 bits per heavy atom. The lowest BCUT2D eigenvalue weighted by molar-refractivity contribution is -0.384. The van der Waals surface area contributed by atoms with Crippen LogP contribution in [0.25, 0.3) is 6.08 Å². The molecular weight excluding hydrogens is 255 g/mol. The number of carbonyl (C=O) groups is 1. The molecule has 18 heavy (non-hydrogen) atoms. The van der Waals surface area contributed by atoms with Crippen LogP contribution in [0.2, 0.25) is 0 Å². The highest BCUT2D eigenvalue weighted by Gasteiger charge is 2.40. The van der Waals surface area contributed by atoms with Crippen LogP contribution in [-0.4, -0.2) is 17.1 Å². The van der Waals surface area contributed by atoms with Crippen molar-refractivity contribution in [1.82, 2.24) is 0 Å². The molecule has 96 valence electrons. The third kappa shape index (κ3) is 3.89. The summed E-state index contributed by atoms with van der Waals surface area (Å²) < 4.78 is 39.0. The summed E-state index contributed by atoms with van der Waals surface area (Å²) >= 11 is 0. The fourth-order valence-electron chi connectivity index (χ4n) is 0.948.